The molecule has 0 atom stereocenters. The van der Waals surface area contributed by atoms with Crippen molar-refractivity contribution >= 4 is 40.3 Å². The largest absolute Gasteiger partial charge is 0.493 e. The van der Waals surface area contributed by atoms with Crippen LogP contribution in [0.3, 0.4) is 0 Å². The van der Waals surface area contributed by atoms with E-state index in [9.17, 15) is 0 Å². The smallest absolute Gasteiger partial charge is 0.175 e. The standard InChI is InChI=1S/C24H21ClN4O2S/c1-30-22-11-6-16(14-23(22)31-2)21-12-13-29(28-21)20-9-7-18(8-10-20)26-24(32)27-19-5-3-4-17(25)15-19/h3-15H,1-2H3,(H2,26,27,32). The SMILES string of the molecule is COc1ccc(-c2ccn(-c3ccc(NC(=S)Nc4cccc(Cl)c4)cc3)n2)cc1OC. The maximum absolute atomic E-state index is 6.01. The van der Waals surface area contributed by atoms with E-state index in [1.54, 1.807) is 14.2 Å². The van der Waals surface area contributed by atoms with Gasteiger partial charge in [-0.25, -0.2) is 4.68 Å². The lowest BCUT2D eigenvalue weighted by molar-refractivity contribution is 0.355. The zero-order chi connectivity index (χ0) is 22.5. The topological polar surface area (TPSA) is 60.3 Å². The molecule has 2 N–H and O–H groups in total. The van der Waals surface area contributed by atoms with Crippen molar-refractivity contribution in [2.24, 2.45) is 0 Å². The molecular weight excluding hydrogens is 444 g/mol. The molecule has 162 valence electrons. The lowest BCUT2D eigenvalue weighted by Gasteiger charge is -2.11. The third-order valence-corrected chi connectivity index (χ3v) is 5.18. The predicted molar refractivity (Wildman–Crippen MR) is 133 cm³/mol. The Balaban J connectivity index is 1.44. The quantitative estimate of drug-likeness (QED) is 0.340. The molecular formula is C24H21ClN4O2S. The van der Waals surface area contributed by atoms with Crippen LogP contribution in [0.15, 0.2) is 79.0 Å². The molecule has 0 aliphatic rings. The van der Waals surface area contributed by atoms with Crippen molar-refractivity contribution in [3.05, 3.63) is 84.0 Å². The monoisotopic (exact) mass is 464 g/mol. The summed E-state index contributed by atoms with van der Waals surface area (Å²) in [6, 6.07) is 22.9. The minimum Gasteiger partial charge on any atom is -0.493 e. The molecule has 0 saturated heterocycles. The highest BCUT2D eigenvalue weighted by molar-refractivity contribution is 7.80. The fraction of sp³-hybridized carbons (Fsp3) is 0.0833. The highest BCUT2D eigenvalue weighted by atomic mass is 35.5. The zero-order valence-corrected chi connectivity index (χ0v) is 19.1. The first-order valence-electron chi connectivity index (χ1n) is 9.78. The van der Waals surface area contributed by atoms with Crippen LogP contribution in [0.1, 0.15) is 0 Å². The number of benzene rings is 3. The third-order valence-electron chi connectivity index (χ3n) is 4.74. The highest BCUT2D eigenvalue weighted by Gasteiger charge is 2.09. The van der Waals surface area contributed by atoms with Gasteiger partial charge in [-0.3, -0.25) is 0 Å². The third kappa shape index (κ3) is 5.01. The Kier molecular flexibility index (Phi) is 6.58. The second kappa shape index (κ2) is 9.72. The molecule has 0 unspecified atom stereocenters. The maximum atomic E-state index is 6.01. The summed E-state index contributed by atoms with van der Waals surface area (Å²) in [5, 5.41) is 12.1. The van der Waals surface area contributed by atoms with Crippen LogP contribution >= 0.6 is 23.8 Å². The molecule has 0 spiro atoms. The summed E-state index contributed by atoms with van der Waals surface area (Å²) in [6.45, 7) is 0. The van der Waals surface area contributed by atoms with Gasteiger partial charge in [-0.15, -0.1) is 0 Å². The minimum atomic E-state index is 0.481. The number of hydrogen-bond donors (Lipinski definition) is 2. The number of aromatic nitrogens is 2. The Morgan fingerprint density at radius 3 is 2.34 bits per heavy atom. The van der Waals surface area contributed by atoms with E-state index in [0.717, 1.165) is 28.3 Å². The van der Waals surface area contributed by atoms with Crippen LogP contribution in [0.25, 0.3) is 16.9 Å². The average Bonchev–Trinajstić information content (AvgIpc) is 3.29. The van der Waals surface area contributed by atoms with Crippen LogP contribution < -0.4 is 20.1 Å². The van der Waals surface area contributed by atoms with Crippen molar-refractivity contribution in [1.29, 1.82) is 0 Å². The predicted octanol–water partition coefficient (Wildman–Crippen LogP) is 6.02. The molecule has 0 bridgehead atoms. The first-order valence-corrected chi connectivity index (χ1v) is 10.6. The Morgan fingerprint density at radius 1 is 0.875 bits per heavy atom. The summed E-state index contributed by atoms with van der Waals surface area (Å²) >= 11 is 11.4. The van der Waals surface area contributed by atoms with Crippen LogP contribution in [0.5, 0.6) is 11.5 Å². The average molecular weight is 465 g/mol. The van der Waals surface area contributed by atoms with Gasteiger partial charge in [-0.05, 0) is 78.9 Å². The fourth-order valence-corrected chi connectivity index (χ4v) is 3.60. The summed E-state index contributed by atoms with van der Waals surface area (Å²) in [5.41, 5.74) is 4.39. The number of nitrogens with zero attached hydrogens (tertiary/aromatic N) is 2. The molecule has 3 aromatic carbocycles. The van der Waals surface area contributed by atoms with Crippen LogP contribution in [-0.2, 0) is 0 Å². The van der Waals surface area contributed by atoms with Crippen LogP contribution in [0.4, 0.5) is 11.4 Å². The Hall–Kier alpha value is -3.55. The summed E-state index contributed by atoms with van der Waals surface area (Å²) in [7, 11) is 3.23. The van der Waals surface area contributed by atoms with Crippen molar-refractivity contribution in [3.63, 3.8) is 0 Å². The van der Waals surface area contributed by atoms with E-state index in [-0.39, 0.29) is 0 Å². The van der Waals surface area contributed by atoms with Crippen LogP contribution in [-0.4, -0.2) is 29.1 Å². The number of methoxy groups -OCH3 is 2. The molecule has 1 heterocycles. The molecule has 4 aromatic rings. The van der Waals surface area contributed by atoms with E-state index in [0.29, 0.717) is 21.6 Å². The van der Waals surface area contributed by atoms with Crippen molar-refractivity contribution in [2.45, 2.75) is 0 Å². The van der Waals surface area contributed by atoms with Gasteiger partial charge in [0.2, 0.25) is 0 Å². The van der Waals surface area contributed by atoms with Crippen molar-refractivity contribution in [1.82, 2.24) is 9.78 Å². The molecule has 32 heavy (non-hydrogen) atoms. The van der Waals surface area contributed by atoms with Gasteiger partial charge in [0.15, 0.2) is 16.6 Å². The number of rotatable bonds is 6. The molecule has 0 saturated carbocycles. The molecule has 0 aliphatic heterocycles. The van der Waals surface area contributed by atoms with Gasteiger partial charge in [0.05, 0.1) is 25.6 Å². The molecule has 0 fully saturated rings. The van der Waals surface area contributed by atoms with Gasteiger partial charge < -0.3 is 20.1 Å². The van der Waals surface area contributed by atoms with E-state index >= 15 is 0 Å². The van der Waals surface area contributed by atoms with Gasteiger partial charge in [0.25, 0.3) is 0 Å². The molecule has 1 aromatic heterocycles. The first kappa shape index (κ1) is 21.7. The second-order valence-electron chi connectivity index (χ2n) is 6.85. The Bertz CT molecular complexity index is 1240. The first-order chi connectivity index (χ1) is 15.6. The summed E-state index contributed by atoms with van der Waals surface area (Å²) in [5.74, 6) is 1.35. The minimum absolute atomic E-state index is 0.481. The van der Waals surface area contributed by atoms with E-state index in [4.69, 9.17) is 33.3 Å². The Labute approximate surface area is 196 Å². The number of halogens is 1. The van der Waals surface area contributed by atoms with Gasteiger partial charge in [0, 0.05) is 28.2 Å². The van der Waals surface area contributed by atoms with E-state index < -0.39 is 0 Å². The maximum Gasteiger partial charge on any atom is 0.175 e. The number of hydrogen-bond acceptors (Lipinski definition) is 4. The Morgan fingerprint density at radius 2 is 1.62 bits per heavy atom. The fourth-order valence-electron chi connectivity index (χ4n) is 3.17. The lowest BCUT2D eigenvalue weighted by atomic mass is 10.1. The van der Waals surface area contributed by atoms with Crippen molar-refractivity contribution < 1.29 is 9.47 Å². The van der Waals surface area contributed by atoms with Crippen LogP contribution in [0.2, 0.25) is 5.02 Å². The van der Waals surface area contributed by atoms with Gasteiger partial charge in [0.1, 0.15) is 0 Å². The van der Waals surface area contributed by atoms with Gasteiger partial charge >= 0.3 is 0 Å². The van der Waals surface area contributed by atoms with Crippen molar-refractivity contribution in [2.75, 3.05) is 24.9 Å². The summed E-state index contributed by atoms with van der Waals surface area (Å²) < 4.78 is 12.5. The van der Waals surface area contributed by atoms with Crippen molar-refractivity contribution in [3.8, 4) is 28.4 Å². The molecule has 0 amide bonds. The number of ether oxygens (including phenoxy) is 2. The zero-order valence-electron chi connectivity index (χ0n) is 17.5. The number of anilines is 2. The summed E-state index contributed by atoms with van der Waals surface area (Å²) in [4.78, 5) is 0. The van der Waals surface area contributed by atoms with E-state index in [1.165, 1.54) is 0 Å². The van der Waals surface area contributed by atoms with E-state index in [1.807, 2.05) is 83.7 Å². The lowest BCUT2D eigenvalue weighted by Crippen LogP contribution is -2.18. The summed E-state index contributed by atoms with van der Waals surface area (Å²) in [6.07, 6.45) is 1.92. The normalized spacial score (nSPS) is 10.5. The number of thiocarbonyl (C=S) groups is 1. The van der Waals surface area contributed by atoms with E-state index in [2.05, 4.69) is 15.7 Å². The molecule has 0 aliphatic carbocycles. The van der Waals surface area contributed by atoms with Gasteiger partial charge in [-0.1, -0.05) is 17.7 Å². The molecule has 8 heteroatoms. The molecule has 4 rings (SSSR count). The number of nitrogens with one attached hydrogen (secondary N) is 2. The highest BCUT2D eigenvalue weighted by Crippen LogP contribution is 2.31. The molecule has 6 nitrogen and oxygen atoms in total. The van der Waals surface area contributed by atoms with Gasteiger partial charge in [-0.2, -0.15) is 5.10 Å². The van der Waals surface area contributed by atoms with Crippen LogP contribution in [0, 0.1) is 0 Å². The molecule has 0 radical (unpaired) electrons. The second-order valence-corrected chi connectivity index (χ2v) is 7.70.